The van der Waals surface area contributed by atoms with Gasteiger partial charge in [-0.15, -0.1) is 0 Å². The minimum Gasteiger partial charge on any atom is -0.512 e. The molecule has 8 heavy (non-hydrogen) atoms. The van der Waals surface area contributed by atoms with E-state index in [4.69, 9.17) is 10.2 Å². The van der Waals surface area contributed by atoms with Gasteiger partial charge < -0.3 is 10.2 Å². The summed E-state index contributed by atoms with van der Waals surface area (Å²) in [6, 6.07) is 0. The van der Waals surface area contributed by atoms with Crippen LogP contribution in [0, 0.1) is 0 Å². The monoisotopic (exact) mass is 114 g/mol. The maximum Gasteiger partial charge on any atom is 0.149 e. The third kappa shape index (κ3) is 3.28. The lowest BCUT2D eigenvalue weighted by Crippen LogP contribution is -1.70. The van der Waals surface area contributed by atoms with Crippen LogP contribution in [0.4, 0.5) is 0 Å². The van der Waals surface area contributed by atoms with E-state index in [0.717, 1.165) is 6.42 Å². The van der Waals surface area contributed by atoms with Crippen molar-refractivity contribution >= 4 is 0 Å². The molecule has 0 fully saturated rings. The first-order valence-corrected chi connectivity index (χ1v) is 2.51. The zero-order chi connectivity index (χ0) is 6.41. The predicted octanol–water partition coefficient (Wildman–Crippen LogP) is 1.91. The summed E-state index contributed by atoms with van der Waals surface area (Å²) in [6.45, 7) is 1.95. The van der Waals surface area contributed by atoms with Crippen molar-refractivity contribution in [3.8, 4) is 0 Å². The molecule has 0 rings (SSSR count). The molecule has 0 unspecified atom stereocenters. The molecule has 2 heteroatoms. The average Bonchev–Trinajstić information content (AvgIpc) is 1.83. The van der Waals surface area contributed by atoms with Crippen molar-refractivity contribution in [1.29, 1.82) is 0 Å². The molecule has 0 aliphatic carbocycles. The van der Waals surface area contributed by atoms with Crippen LogP contribution in [-0.4, -0.2) is 10.2 Å². The highest BCUT2D eigenvalue weighted by molar-refractivity contribution is 5.06. The maximum atomic E-state index is 8.51. The Kier molecular flexibility index (Phi) is 3.76. The van der Waals surface area contributed by atoms with E-state index in [1.807, 2.05) is 6.92 Å². The lowest BCUT2D eigenvalue weighted by molar-refractivity contribution is 0.377. The average molecular weight is 114 g/mol. The standard InChI is InChI=1S/C6H10O2/c1-2-3-4-6(8)5-7/h3-5,7-8H,2H2,1H3/b4-3+,6-5-. The van der Waals surface area contributed by atoms with Gasteiger partial charge in [-0.2, -0.15) is 0 Å². The van der Waals surface area contributed by atoms with Crippen LogP contribution in [0.15, 0.2) is 24.2 Å². The minimum absolute atomic E-state index is 0.105. The number of allylic oxidation sites excluding steroid dienone is 2. The summed E-state index contributed by atoms with van der Waals surface area (Å²) < 4.78 is 0. The second kappa shape index (κ2) is 4.24. The molecule has 0 atom stereocenters. The first-order chi connectivity index (χ1) is 3.81. The molecule has 0 aliphatic rings. The van der Waals surface area contributed by atoms with Gasteiger partial charge in [0.1, 0.15) is 12.0 Å². The molecule has 0 amide bonds. The molecule has 0 aromatic heterocycles. The second-order valence-corrected chi connectivity index (χ2v) is 1.36. The first kappa shape index (κ1) is 7.08. The van der Waals surface area contributed by atoms with E-state index in [2.05, 4.69) is 0 Å². The summed E-state index contributed by atoms with van der Waals surface area (Å²) in [7, 11) is 0. The minimum atomic E-state index is -0.105. The summed E-state index contributed by atoms with van der Waals surface area (Å²) in [4.78, 5) is 0. The highest BCUT2D eigenvalue weighted by Gasteiger charge is 1.77. The van der Waals surface area contributed by atoms with Crippen LogP contribution in [0.1, 0.15) is 13.3 Å². The van der Waals surface area contributed by atoms with Gasteiger partial charge in [0.25, 0.3) is 0 Å². The molecular formula is C6H10O2. The molecule has 0 spiro atoms. The van der Waals surface area contributed by atoms with Crippen molar-refractivity contribution in [3.63, 3.8) is 0 Å². The molecule has 0 aromatic rings. The molecule has 0 heterocycles. The molecule has 0 aliphatic heterocycles. The topological polar surface area (TPSA) is 40.5 Å². The van der Waals surface area contributed by atoms with Crippen LogP contribution in [-0.2, 0) is 0 Å². The Labute approximate surface area is 48.8 Å². The van der Waals surface area contributed by atoms with Crippen LogP contribution in [0.3, 0.4) is 0 Å². The first-order valence-electron chi connectivity index (χ1n) is 2.51. The van der Waals surface area contributed by atoms with Crippen LogP contribution in [0.25, 0.3) is 0 Å². The van der Waals surface area contributed by atoms with Gasteiger partial charge in [-0.1, -0.05) is 13.0 Å². The van der Waals surface area contributed by atoms with Gasteiger partial charge in [-0.05, 0) is 12.5 Å². The van der Waals surface area contributed by atoms with Gasteiger partial charge in [0, 0.05) is 0 Å². The van der Waals surface area contributed by atoms with E-state index >= 15 is 0 Å². The summed E-state index contributed by atoms with van der Waals surface area (Å²) >= 11 is 0. The highest BCUT2D eigenvalue weighted by Crippen LogP contribution is 1.89. The molecule has 46 valence electrons. The van der Waals surface area contributed by atoms with Crippen LogP contribution in [0.5, 0.6) is 0 Å². The summed E-state index contributed by atoms with van der Waals surface area (Å²) in [5, 5.41) is 16.6. The Bertz CT molecular complexity index is 103. The Morgan fingerprint density at radius 3 is 2.62 bits per heavy atom. The zero-order valence-corrected chi connectivity index (χ0v) is 4.83. The Hall–Kier alpha value is -0.920. The molecule has 2 N–H and O–H groups in total. The zero-order valence-electron chi connectivity index (χ0n) is 4.83. The van der Waals surface area contributed by atoms with Crippen LogP contribution < -0.4 is 0 Å². The third-order valence-electron chi connectivity index (χ3n) is 0.657. The van der Waals surface area contributed by atoms with E-state index in [1.165, 1.54) is 6.08 Å². The number of aliphatic hydroxyl groups is 2. The van der Waals surface area contributed by atoms with Crippen molar-refractivity contribution in [2.24, 2.45) is 0 Å². The summed E-state index contributed by atoms with van der Waals surface area (Å²) in [5.74, 6) is -0.105. The predicted molar refractivity (Wildman–Crippen MR) is 32.8 cm³/mol. The summed E-state index contributed by atoms with van der Waals surface area (Å²) in [6.07, 6.45) is 4.71. The molecule has 2 nitrogen and oxygen atoms in total. The van der Waals surface area contributed by atoms with Crippen molar-refractivity contribution in [2.75, 3.05) is 0 Å². The number of hydrogen-bond acceptors (Lipinski definition) is 2. The fourth-order valence-corrected chi connectivity index (χ4v) is 0.282. The lowest BCUT2D eigenvalue weighted by Gasteiger charge is -1.82. The Balaban J connectivity index is 3.53. The van der Waals surface area contributed by atoms with Crippen molar-refractivity contribution in [3.05, 3.63) is 24.2 Å². The largest absolute Gasteiger partial charge is 0.512 e. The van der Waals surface area contributed by atoms with E-state index in [0.29, 0.717) is 6.26 Å². The molecule has 0 bridgehead atoms. The molecular weight excluding hydrogens is 104 g/mol. The smallest absolute Gasteiger partial charge is 0.149 e. The van der Waals surface area contributed by atoms with Crippen LogP contribution in [0.2, 0.25) is 0 Å². The Morgan fingerprint density at radius 1 is 1.62 bits per heavy atom. The SMILES string of the molecule is CC/C=C/C(O)=C/O. The van der Waals surface area contributed by atoms with Gasteiger partial charge in [-0.25, -0.2) is 0 Å². The number of rotatable bonds is 2. The van der Waals surface area contributed by atoms with Crippen LogP contribution >= 0.6 is 0 Å². The van der Waals surface area contributed by atoms with E-state index < -0.39 is 0 Å². The second-order valence-electron chi connectivity index (χ2n) is 1.36. The number of hydrogen-bond donors (Lipinski definition) is 2. The molecule has 0 radical (unpaired) electrons. The fraction of sp³-hybridized carbons (Fsp3) is 0.333. The van der Waals surface area contributed by atoms with E-state index in [9.17, 15) is 0 Å². The molecule has 0 aromatic carbocycles. The van der Waals surface area contributed by atoms with E-state index in [-0.39, 0.29) is 5.76 Å². The van der Waals surface area contributed by atoms with E-state index in [1.54, 1.807) is 6.08 Å². The Morgan fingerprint density at radius 2 is 2.25 bits per heavy atom. The lowest BCUT2D eigenvalue weighted by atomic mass is 10.4. The van der Waals surface area contributed by atoms with Crippen molar-refractivity contribution in [1.82, 2.24) is 0 Å². The quantitative estimate of drug-likeness (QED) is 0.425. The molecule has 0 saturated heterocycles. The maximum absolute atomic E-state index is 8.51. The fourth-order valence-electron chi connectivity index (χ4n) is 0.282. The third-order valence-corrected chi connectivity index (χ3v) is 0.657. The summed E-state index contributed by atoms with van der Waals surface area (Å²) in [5.41, 5.74) is 0. The highest BCUT2D eigenvalue weighted by atomic mass is 16.3. The van der Waals surface area contributed by atoms with Gasteiger partial charge in [0.15, 0.2) is 0 Å². The van der Waals surface area contributed by atoms with Crippen molar-refractivity contribution in [2.45, 2.75) is 13.3 Å². The molecule has 0 saturated carbocycles. The van der Waals surface area contributed by atoms with Gasteiger partial charge in [0.2, 0.25) is 0 Å². The van der Waals surface area contributed by atoms with Gasteiger partial charge >= 0.3 is 0 Å². The van der Waals surface area contributed by atoms with Crippen molar-refractivity contribution < 1.29 is 10.2 Å². The normalized spacial score (nSPS) is 12.9. The number of aliphatic hydroxyl groups excluding tert-OH is 2. The van der Waals surface area contributed by atoms with Gasteiger partial charge in [0.05, 0.1) is 0 Å². The van der Waals surface area contributed by atoms with Gasteiger partial charge in [-0.3, -0.25) is 0 Å².